The first-order valence-corrected chi connectivity index (χ1v) is 9.04. The topological polar surface area (TPSA) is 27.7 Å². The number of ether oxygens (including phenoxy) is 3. The van der Waals surface area contributed by atoms with E-state index in [-0.39, 0.29) is 6.29 Å². The summed E-state index contributed by atoms with van der Waals surface area (Å²) in [7, 11) is 0. The zero-order chi connectivity index (χ0) is 18.6. The summed E-state index contributed by atoms with van der Waals surface area (Å²) in [6.45, 7) is 10.7. The molecule has 1 unspecified atom stereocenters. The van der Waals surface area contributed by atoms with Crippen LogP contribution in [0.15, 0.2) is 67.8 Å². The van der Waals surface area contributed by atoms with E-state index in [2.05, 4.69) is 25.3 Å². The zero-order valence-electron chi connectivity index (χ0n) is 15.5. The van der Waals surface area contributed by atoms with Crippen LogP contribution in [0, 0.1) is 0 Å². The minimum absolute atomic E-state index is 0.275. The first kappa shape index (κ1) is 19.8. The van der Waals surface area contributed by atoms with Crippen molar-refractivity contribution in [2.24, 2.45) is 0 Å². The fourth-order valence-electron chi connectivity index (χ4n) is 2.44. The van der Waals surface area contributed by atoms with E-state index in [1.54, 1.807) is 6.08 Å². The number of allylic oxidation sites excluding steroid dienone is 1. The van der Waals surface area contributed by atoms with Crippen LogP contribution in [0.1, 0.15) is 30.9 Å². The maximum absolute atomic E-state index is 5.74. The Morgan fingerprint density at radius 2 is 1.54 bits per heavy atom. The number of hydrogen-bond acceptors (Lipinski definition) is 3. The molecular weight excluding hydrogens is 324 g/mol. The molecule has 0 N–H and O–H groups in total. The molecule has 0 aromatic heterocycles. The highest BCUT2D eigenvalue weighted by Crippen LogP contribution is 2.15. The van der Waals surface area contributed by atoms with Gasteiger partial charge in [-0.25, -0.2) is 0 Å². The summed E-state index contributed by atoms with van der Waals surface area (Å²) in [6.07, 6.45) is 6.18. The van der Waals surface area contributed by atoms with Crippen molar-refractivity contribution in [3.63, 3.8) is 0 Å². The van der Waals surface area contributed by atoms with E-state index in [0.717, 1.165) is 36.3 Å². The van der Waals surface area contributed by atoms with Gasteiger partial charge in [0.05, 0.1) is 13.2 Å². The van der Waals surface area contributed by atoms with Gasteiger partial charge in [0.2, 0.25) is 0 Å². The van der Waals surface area contributed by atoms with Crippen LogP contribution in [0.25, 0.3) is 6.08 Å². The van der Waals surface area contributed by atoms with E-state index < -0.39 is 0 Å². The van der Waals surface area contributed by atoms with Crippen LogP contribution in [0.2, 0.25) is 0 Å². The molecule has 0 aliphatic heterocycles. The normalized spacial score (nSPS) is 11.6. The minimum atomic E-state index is -0.275. The van der Waals surface area contributed by atoms with Crippen molar-refractivity contribution in [1.29, 1.82) is 0 Å². The van der Waals surface area contributed by atoms with Gasteiger partial charge in [-0.3, -0.25) is 0 Å². The third kappa shape index (κ3) is 7.16. The van der Waals surface area contributed by atoms with Gasteiger partial charge in [-0.15, -0.1) is 6.58 Å². The van der Waals surface area contributed by atoms with Gasteiger partial charge in [-0.05, 0) is 61.6 Å². The van der Waals surface area contributed by atoms with Crippen molar-refractivity contribution in [1.82, 2.24) is 0 Å². The van der Waals surface area contributed by atoms with Gasteiger partial charge in [0.1, 0.15) is 11.5 Å². The van der Waals surface area contributed by atoms with Crippen LogP contribution in [-0.4, -0.2) is 19.5 Å². The van der Waals surface area contributed by atoms with E-state index >= 15 is 0 Å². The molecule has 3 heteroatoms. The van der Waals surface area contributed by atoms with Crippen molar-refractivity contribution in [3.8, 4) is 11.5 Å². The average molecular weight is 352 g/mol. The summed E-state index contributed by atoms with van der Waals surface area (Å²) in [5.74, 6) is 1.70. The highest BCUT2D eigenvalue weighted by molar-refractivity contribution is 5.48. The standard InChI is InChI=1S/C23H28O3/c1-4-8-21-11-13-22(14-12-21)25-18-7-6-17-24-19(3)26-23-15-9-20(5-2)10-16-23/h4-5,9-16,19H,1-2,6-8,17-18H2,3H3. The monoisotopic (exact) mass is 352 g/mol. The molecule has 0 aliphatic rings. The lowest BCUT2D eigenvalue weighted by Crippen LogP contribution is -2.17. The molecule has 0 heterocycles. The molecule has 1 atom stereocenters. The van der Waals surface area contributed by atoms with Crippen LogP contribution >= 0.6 is 0 Å². The van der Waals surface area contributed by atoms with Crippen molar-refractivity contribution in [3.05, 3.63) is 78.9 Å². The van der Waals surface area contributed by atoms with Crippen molar-refractivity contribution in [2.75, 3.05) is 13.2 Å². The second-order valence-corrected chi connectivity index (χ2v) is 6.02. The van der Waals surface area contributed by atoms with Crippen LogP contribution in [0.3, 0.4) is 0 Å². The van der Waals surface area contributed by atoms with Crippen LogP contribution in [0.5, 0.6) is 11.5 Å². The van der Waals surface area contributed by atoms with Gasteiger partial charge in [-0.1, -0.05) is 43.0 Å². The fraction of sp³-hybridized carbons (Fsp3) is 0.304. The molecule has 26 heavy (non-hydrogen) atoms. The Bertz CT molecular complexity index is 659. The summed E-state index contributed by atoms with van der Waals surface area (Å²) in [6, 6.07) is 15.9. The Balaban J connectivity index is 1.56. The van der Waals surface area contributed by atoms with Gasteiger partial charge < -0.3 is 14.2 Å². The lowest BCUT2D eigenvalue weighted by atomic mass is 10.1. The molecule has 0 bridgehead atoms. The summed E-state index contributed by atoms with van der Waals surface area (Å²) in [4.78, 5) is 0. The fourth-order valence-corrected chi connectivity index (χ4v) is 2.44. The molecule has 0 saturated carbocycles. The third-order valence-electron chi connectivity index (χ3n) is 3.88. The first-order valence-electron chi connectivity index (χ1n) is 9.04. The Labute approximate surface area is 156 Å². The molecule has 0 fully saturated rings. The van der Waals surface area contributed by atoms with Gasteiger partial charge in [-0.2, -0.15) is 0 Å². The smallest absolute Gasteiger partial charge is 0.196 e. The van der Waals surface area contributed by atoms with Gasteiger partial charge in [0.25, 0.3) is 0 Å². The molecular formula is C23H28O3. The molecule has 0 amide bonds. The first-order chi connectivity index (χ1) is 12.7. The largest absolute Gasteiger partial charge is 0.494 e. The van der Waals surface area contributed by atoms with Crippen LogP contribution in [0.4, 0.5) is 0 Å². The highest BCUT2D eigenvalue weighted by Gasteiger charge is 2.04. The molecule has 0 radical (unpaired) electrons. The number of rotatable bonds is 12. The highest BCUT2D eigenvalue weighted by atomic mass is 16.7. The number of hydrogen-bond donors (Lipinski definition) is 0. The summed E-state index contributed by atoms with van der Waals surface area (Å²) in [5.41, 5.74) is 2.31. The quantitative estimate of drug-likeness (QED) is 0.280. The van der Waals surface area contributed by atoms with E-state index in [1.807, 2.05) is 49.4 Å². The second-order valence-electron chi connectivity index (χ2n) is 6.02. The third-order valence-corrected chi connectivity index (χ3v) is 3.88. The van der Waals surface area contributed by atoms with Crippen molar-refractivity contribution < 1.29 is 14.2 Å². The maximum Gasteiger partial charge on any atom is 0.196 e. The molecule has 0 saturated heterocycles. The molecule has 2 rings (SSSR count). The van der Waals surface area contributed by atoms with E-state index in [4.69, 9.17) is 14.2 Å². The molecule has 2 aromatic rings. The maximum atomic E-state index is 5.74. The summed E-state index contributed by atoms with van der Waals surface area (Å²) < 4.78 is 17.2. The lowest BCUT2D eigenvalue weighted by molar-refractivity contribution is -0.0680. The summed E-state index contributed by atoms with van der Waals surface area (Å²) >= 11 is 0. The SMILES string of the molecule is C=CCc1ccc(OCCCCOC(C)Oc2ccc(C=C)cc2)cc1. The Kier molecular flexibility index (Phi) is 8.50. The molecule has 0 spiro atoms. The van der Waals surface area contributed by atoms with Gasteiger partial charge in [0, 0.05) is 0 Å². The van der Waals surface area contributed by atoms with Crippen LogP contribution < -0.4 is 9.47 Å². The van der Waals surface area contributed by atoms with Crippen molar-refractivity contribution >= 4 is 6.08 Å². The predicted molar refractivity (Wildman–Crippen MR) is 108 cm³/mol. The van der Waals surface area contributed by atoms with Gasteiger partial charge in [0.15, 0.2) is 6.29 Å². The number of unbranched alkanes of at least 4 members (excludes halogenated alkanes) is 1. The van der Waals surface area contributed by atoms with E-state index in [9.17, 15) is 0 Å². The molecule has 138 valence electrons. The molecule has 0 aliphatic carbocycles. The minimum Gasteiger partial charge on any atom is -0.494 e. The number of benzene rings is 2. The lowest BCUT2D eigenvalue weighted by Gasteiger charge is -2.15. The second kappa shape index (κ2) is 11.2. The predicted octanol–water partition coefficient (Wildman–Crippen LogP) is 5.66. The van der Waals surface area contributed by atoms with Crippen molar-refractivity contribution in [2.45, 2.75) is 32.5 Å². The summed E-state index contributed by atoms with van der Waals surface area (Å²) in [5, 5.41) is 0. The average Bonchev–Trinajstić information content (AvgIpc) is 2.66. The zero-order valence-corrected chi connectivity index (χ0v) is 15.5. The van der Waals surface area contributed by atoms with Gasteiger partial charge >= 0.3 is 0 Å². The Hall–Kier alpha value is -2.52. The van der Waals surface area contributed by atoms with E-state index in [1.165, 1.54) is 5.56 Å². The van der Waals surface area contributed by atoms with Crippen LogP contribution in [-0.2, 0) is 11.2 Å². The Morgan fingerprint density at radius 3 is 2.19 bits per heavy atom. The Morgan fingerprint density at radius 1 is 0.885 bits per heavy atom. The molecule has 3 nitrogen and oxygen atoms in total. The molecule has 2 aromatic carbocycles. The van der Waals surface area contributed by atoms with E-state index in [0.29, 0.717) is 13.2 Å².